The maximum absolute atomic E-state index is 10.8. The molecule has 0 aromatic rings. The van der Waals surface area contributed by atoms with Crippen LogP contribution in [0, 0.1) is 11.8 Å². The number of likely N-dealkylation sites (tertiary alicyclic amines) is 1. The lowest BCUT2D eigenvalue weighted by molar-refractivity contribution is -0.143. The number of nitrogens with zero attached hydrogens (tertiary/aromatic N) is 1. The molecule has 2 rings (SSSR count). The van der Waals surface area contributed by atoms with Crippen LogP contribution in [0.1, 0.15) is 44.9 Å². The highest BCUT2D eigenvalue weighted by Gasteiger charge is 2.24. The third kappa shape index (κ3) is 4.47. The van der Waals surface area contributed by atoms with Crippen molar-refractivity contribution in [3.8, 4) is 0 Å². The van der Waals surface area contributed by atoms with Gasteiger partial charge in [-0.15, -0.1) is 12.4 Å². The molecule has 1 N–H and O–H groups in total. The van der Waals surface area contributed by atoms with Crippen molar-refractivity contribution in [1.82, 2.24) is 4.90 Å². The molecule has 0 bridgehead atoms. The molecule has 0 aromatic carbocycles. The van der Waals surface area contributed by atoms with Gasteiger partial charge >= 0.3 is 5.97 Å². The zero-order valence-electron chi connectivity index (χ0n) is 10.4. The minimum Gasteiger partial charge on any atom is -0.481 e. The van der Waals surface area contributed by atoms with E-state index in [2.05, 4.69) is 4.90 Å². The number of carboxylic acid groups (broad SMARTS) is 1. The predicted octanol–water partition coefficient (Wildman–Crippen LogP) is 2.79. The summed E-state index contributed by atoms with van der Waals surface area (Å²) in [6.45, 7) is 3.17. The van der Waals surface area contributed by atoms with Crippen LogP contribution < -0.4 is 0 Å². The lowest BCUT2D eigenvalue weighted by Gasteiger charge is -2.30. The molecule has 100 valence electrons. The maximum atomic E-state index is 10.8. The highest BCUT2D eigenvalue weighted by atomic mass is 35.5. The van der Waals surface area contributed by atoms with Crippen LogP contribution >= 0.6 is 12.4 Å². The van der Waals surface area contributed by atoms with E-state index < -0.39 is 5.97 Å². The van der Waals surface area contributed by atoms with Crippen molar-refractivity contribution in [1.29, 1.82) is 0 Å². The number of rotatable bonds is 4. The molecule has 0 atom stereocenters. The first kappa shape index (κ1) is 14.8. The van der Waals surface area contributed by atoms with Crippen LogP contribution in [0.4, 0.5) is 0 Å². The average Bonchev–Trinajstić information content (AvgIpc) is 2.80. The summed E-state index contributed by atoms with van der Waals surface area (Å²) >= 11 is 0. The summed E-state index contributed by atoms with van der Waals surface area (Å²) < 4.78 is 0. The van der Waals surface area contributed by atoms with E-state index in [0.29, 0.717) is 0 Å². The maximum Gasteiger partial charge on any atom is 0.306 e. The second-order valence-electron chi connectivity index (χ2n) is 5.39. The van der Waals surface area contributed by atoms with E-state index in [1.165, 1.54) is 38.6 Å². The SMILES string of the molecule is Cl.O=C(O)C1CCN(CCC2CCCC2)CC1. The quantitative estimate of drug-likeness (QED) is 0.846. The Bertz CT molecular complexity index is 234. The van der Waals surface area contributed by atoms with Gasteiger partial charge in [0.2, 0.25) is 0 Å². The van der Waals surface area contributed by atoms with Crippen LogP contribution in [0.15, 0.2) is 0 Å². The van der Waals surface area contributed by atoms with Gasteiger partial charge in [-0.1, -0.05) is 25.7 Å². The van der Waals surface area contributed by atoms with Crippen molar-refractivity contribution in [3.63, 3.8) is 0 Å². The Kier molecular flexibility index (Phi) is 6.28. The summed E-state index contributed by atoms with van der Waals surface area (Å²) in [4.78, 5) is 13.3. The summed E-state index contributed by atoms with van der Waals surface area (Å²) in [5, 5.41) is 8.91. The molecule has 17 heavy (non-hydrogen) atoms. The molecule has 2 fully saturated rings. The van der Waals surface area contributed by atoms with Crippen LogP contribution in [0.3, 0.4) is 0 Å². The molecule has 1 saturated carbocycles. The lowest BCUT2D eigenvalue weighted by Crippen LogP contribution is -2.37. The summed E-state index contributed by atoms with van der Waals surface area (Å²) in [7, 11) is 0. The zero-order chi connectivity index (χ0) is 11.4. The average molecular weight is 262 g/mol. The smallest absolute Gasteiger partial charge is 0.306 e. The topological polar surface area (TPSA) is 40.5 Å². The van der Waals surface area contributed by atoms with Crippen molar-refractivity contribution in [2.45, 2.75) is 44.9 Å². The summed E-state index contributed by atoms with van der Waals surface area (Å²) in [6, 6.07) is 0. The third-order valence-corrected chi connectivity index (χ3v) is 4.27. The normalized spacial score (nSPS) is 23.5. The van der Waals surface area contributed by atoms with Crippen molar-refractivity contribution < 1.29 is 9.90 Å². The molecule has 0 spiro atoms. The number of aliphatic carboxylic acids is 1. The van der Waals surface area contributed by atoms with Crippen molar-refractivity contribution in [2.75, 3.05) is 19.6 Å². The summed E-state index contributed by atoms with van der Waals surface area (Å²) in [6.07, 6.45) is 8.71. The van der Waals surface area contributed by atoms with Gasteiger partial charge in [0.05, 0.1) is 5.92 Å². The van der Waals surface area contributed by atoms with E-state index in [0.717, 1.165) is 31.8 Å². The zero-order valence-corrected chi connectivity index (χ0v) is 11.3. The van der Waals surface area contributed by atoms with Crippen LogP contribution in [0.5, 0.6) is 0 Å². The first-order valence-corrected chi connectivity index (χ1v) is 6.71. The molecule has 0 amide bonds. The molecule has 0 unspecified atom stereocenters. The first-order valence-electron chi connectivity index (χ1n) is 6.71. The van der Waals surface area contributed by atoms with E-state index in [4.69, 9.17) is 5.11 Å². The molecule has 1 saturated heterocycles. The predicted molar refractivity (Wildman–Crippen MR) is 70.6 cm³/mol. The van der Waals surface area contributed by atoms with E-state index in [1.807, 2.05) is 0 Å². The monoisotopic (exact) mass is 261 g/mol. The fourth-order valence-corrected chi connectivity index (χ4v) is 3.07. The Morgan fingerprint density at radius 1 is 1.12 bits per heavy atom. The number of hydrogen-bond acceptors (Lipinski definition) is 2. The van der Waals surface area contributed by atoms with Gasteiger partial charge in [-0.05, 0) is 44.8 Å². The number of carbonyl (C=O) groups is 1. The van der Waals surface area contributed by atoms with Crippen LogP contribution in [0.25, 0.3) is 0 Å². The molecule has 1 aliphatic carbocycles. The second-order valence-corrected chi connectivity index (χ2v) is 5.39. The van der Waals surface area contributed by atoms with Gasteiger partial charge in [0.15, 0.2) is 0 Å². The summed E-state index contributed by atoms with van der Waals surface area (Å²) in [5.74, 6) is 0.273. The fraction of sp³-hybridized carbons (Fsp3) is 0.923. The fourth-order valence-electron chi connectivity index (χ4n) is 3.07. The number of piperidine rings is 1. The molecule has 3 nitrogen and oxygen atoms in total. The van der Waals surface area contributed by atoms with E-state index in [9.17, 15) is 4.79 Å². The Labute approximate surface area is 110 Å². The van der Waals surface area contributed by atoms with Gasteiger partial charge < -0.3 is 10.0 Å². The third-order valence-electron chi connectivity index (χ3n) is 4.27. The lowest BCUT2D eigenvalue weighted by atomic mass is 9.96. The minimum absolute atomic E-state index is 0. The molecule has 4 heteroatoms. The number of halogens is 1. The molecular weight excluding hydrogens is 238 g/mol. The number of carboxylic acids is 1. The van der Waals surface area contributed by atoms with Gasteiger partial charge in [0.25, 0.3) is 0 Å². The largest absolute Gasteiger partial charge is 0.481 e. The molecule has 1 aliphatic heterocycles. The Morgan fingerprint density at radius 2 is 1.71 bits per heavy atom. The van der Waals surface area contributed by atoms with E-state index in [1.54, 1.807) is 0 Å². The summed E-state index contributed by atoms with van der Waals surface area (Å²) in [5.41, 5.74) is 0. The Hall–Kier alpha value is -0.280. The van der Waals surface area contributed by atoms with Crippen molar-refractivity contribution >= 4 is 18.4 Å². The van der Waals surface area contributed by atoms with Crippen LogP contribution in [-0.4, -0.2) is 35.6 Å². The molecule has 1 heterocycles. The van der Waals surface area contributed by atoms with Gasteiger partial charge in [0, 0.05) is 0 Å². The van der Waals surface area contributed by atoms with Crippen LogP contribution in [0.2, 0.25) is 0 Å². The molecule has 2 aliphatic rings. The molecular formula is C13H24ClNO2. The number of hydrogen-bond donors (Lipinski definition) is 1. The first-order chi connectivity index (χ1) is 7.75. The van der Waals surface area contributed by atoms with Crippen molar-refractivity contribution in [3.05, 3.63) is 0 Å². The Morgan fingerprint density at radius 3 is 2.24 bits per heavy atom. The second kappa shape index (κ2) is 7.22. The standard InChI is InChI=1S/C13H23NO2.ClH/c15-13(16)12-6-9-14(10-7-12)8-5-11-3-1-2-4-11;/h11-12H,1-10H2,(H,15,16);1H. The highest BCUT2D eigenvalue weighted by molar-refractivity contribution is 5.85. The van der Waals surface area contributed by atoms with E-state index >= 15 is 0 Å². The van der Waals surface area contributed by atoms with Gasteiger partial charge in [-0.25, -0.2) is 0 Å². The Balaban J connectivity index is 0.00000144. The minimum atomic E-state index is -0.601. The van der Waals surface area contributed by atoms with Gasteiger partial charge in [-0.2, -0.15) is 0 Å². The van der Waals surface area contributed by atoms with Crippen LogP contribution in [-0.2, 0) is 4.79 Å². The highest BCUT2D eigenvalue weighted by Crippen LogP contribution is 2.28. The van der Waals surface area contributed by atoms with Gasteiger partial charge in [0.1, 0.15) is 0 Å². The van der Waals surface area contributed by atoms with E-state index in [-0.39, 0.29) is 18.3 Å². The molecule has 0 radical (unpaired) electrons. The molecule has 0 aromatic heterocycles. The van der Waals surface area contributed by atoms with Crippen molar-refractivity contribution in [2.24, 2.45) is 11.8 Å². The van der Waals surface area contributed by atoms with Gasteiger partial charge in [-0.3, -0.25) is 4.79 Å².